The lowest BCUT2D eigenvalue weighted by atomic mass is 10.0. The van der Waals surface area contributed by atoms with E-state index in [9.17, 15) is 10.2 Å². The maximum atomic E-state index is 10.5. The second-order valence-corrected chi connectivity index (χ2v) is 17.9. The highest BCUT2D eigenvalue weighted by atomic mass is 79.9. The van der Waals surface area contributed by atoms with Crippen LogP contribution in [0.5, 0.6) is 0 Å². The van der Waals surface area contributed by atoms with Crippen molar-refractivity contribution in [2.24, 2.45) is 0 Å². The first kappa shape index (κ1) is 60.0. The lowest BCUT2D eigenvalue weighted by Gasteiger charge is -2.32. The summed E-state index contributed by atoms with van der Waals surface area (Å²) < 4.78 is 18.7. The van der Waals surface area contributed by atoms with Crippen LogP contribution in [0.15, 0.2) is 0 Å². The molecule has 0 aliphatic carbocycles. The zero-order chi connectivity index (χ0) is 39.1. The third-order valence-corrected chi connectivity index (χ3v) is 11.0. The largest absolute Gasteiger partial charge is 1.00 e. The van der Waals surface area contributed by atoms with E-state index in [4.69, 9.17) is 14.2 Å². The third-order valence-electron chi connectivity index (χ3n) is 11.0. The molecule has 2 unspecified atom stereocenters. The van der Waals surface area contributed by atoms with Crippen molar-refractivity contribution in [2.75, 3.05) is 94.0 Å². The van der Waals surface area contributed by atoms with Gasteiger partial charge in [-0.15, -0.1) is 0 Å². The molecule has 0 bridgehead atoms. The highest BCUT2D eigenvalue weighted by Gasteiger charge is 2.21. The summed E-state index contributed by atoms with van der Waals surface area (Å²) in [7, 11) is 8.86. The minimum absolute atomic E-state index is 0. The Balaban J connectivity index is -0.0000135. The van der Waals surface area contributed by atoms with E-state index in [-0.39, 0.29) is 34.0 Å². The summed E-state index contributed by atoms with van der Waals surface area (Å²) in [4.78, 5) is 0. The summed E-state index contributed by atoms with van der Waals surface area (Å²) in [6, 6.07) is 0. The van der Waals surface area contributed by atoms with Crippen molar-refractivity contribution >= 4 is 0 Å². The van der Waals surface area contributed by atoms with Gasteiger partial charge >= 0.3 is 0 Å². The molecule has 55 heavy (non-hydrogen) atoms. The molecule has 0 aliphatic rings. The molecular formula is C46H98Br2N2O5. The average molecular weight is 919 g/mol. The topological polar surface area (TPSA) is 68.2 Å². The molecular weight excluding hydrogens is 820 g/mol. The molecule has 0 heterocycles. The SMILES string of the molecule is CCCCCCCCCCCCCCCC[N+](C)(C)CC(O)COCCOCCOCC(O)C[N+](C)(C)CCCCCCCCCCCCCCCC.[Br-].[Br-]. The Labute approximate surface area is 365 Å². The number of nitrogens with zero attached hydrogens (tertiary/aromatic N) is 2. The first-order valence-corrected chi connectivity index (χ1v) is 23.3. The number of rotatable bonds is 44. The number of unbranched alkanes of at least 4 members (excludes halogenated alkanes) is 26. The monoisotopic (exact) mass is 917 g/mol. The quantitative estimate of drug-likeness (QED) is 0.0675. The molecule has 0 saturated carbocycles. The van der Waals surface area contributed by atoms with Gasteiger partial charge in [0.1, 0.15) is 25.3 Å². The molecule has 0 radical (unpaired) electrons. The zero-order valence-electron chi connectivity index (χ0n) is 37.8. The number of likely N-dealkylation sites (N-methyl/N-ethyl adjacent to an activating group) is 2. The van der Waals surface area contributed by atoms with Crippen molar-refractivity contribution in [3.05, 3.63) is 0 Å². The van der Waals surface area contributed by atoms with Gasteiger partial charge in [0.25, 0.3) is 0 Å². The highest BCUT2D eigenvalue weighted by molar-refractivity contribution is 4.56. The lowest BCUT2D eigenvalue weighted by Crippen LogP contribution is -3.00. The summed E-state index contributed by atoms with van der Waals surface area (Å²) in [5.41, 5.74) is 0. The molecule has 0 aromatic heterocycles. The fourth-order valence-corrected chi connectivity index (χ4v) is 7.67. The number of ether oxygens (including phenoxy) is 3. The van der Waals surface area contributed by atoms with Crippen LogP contribution in [0.2, 0.25) is 0 Å². The van der Waals surface area contributed by atoms with Crippen molar-refractivity contribution in [2.45, 2.75) is 206 Å². The number of hydrogen-bond donors (Lipinski definition) is 2. The van der Waals surface area contributed by atoms with Gasteiger partial charge in [0.05, 0.1) is 80.9 Å². The molecule has 2 N–H and O–H groups in total. The summed E-state index contributed by atoms with van der Waals surface area (Å²) >= 11 is 0. The zero-order valence-corrected chi connectivity index (χ0v) is 41.0. The summed E-state index contributed by atoms with van der Waals surface area (Å²) in [6.07, 6.45) is 37.8. The average Bonchev–Trinajstić information content (AvgIpc) is 3.10. The normalized spacial score (nSPS) is 13.1. The molecule has 0 fully saturated rings. The van der Waals surface area contributed by atoms with E-state index in [0.717, 1.165) is 22.1 Å². The Bertz CT molecular complexity index is 676. The number of quaternary nitrogens is 2. The molecule has 0 spiro atoms. The Morgan fingerprint density at radius 2 is 0.564 bits per heavy atom. The van der Waals surface area contributed by atoms with Crippen LogP contribution >= 0.6 is 0 Å². The smallest absolute Gasteiger partial charge is 0.126 e. The standard InChI is InChI=1S/C46H98N2O5.2BrH/c1-7-9-11-13-15-17-19-21-23-25-27-29-31-33-35-47(3,4)41-45(49)43-52-39-37-51-38-40-53-44-46(50)42-48(5,6)36-34-32-30-28-26-24-22-20-18-16-14-12-10-8-2;;/h45-46,49-50H,7-44H2,1-6H3;2*1H/q+2;;/p-2. The molecule has 0 aromatic rings. The minimum Gasteiger partial charge on any atom is -1.00 e. The first-order chi connectivity index (χ1) is 25.6. The van der Waals surface area contributed by atoms with E-state index in [1.807, 2.05) is 0 Å². The summed E-state index contributed by atoms with van der Waals surface area (Å²) in [6.45, 7) is 10.8. The van der Waals surface area contributed by atoms with Crippen molar-refractivity contribution in [3.63, 3.8) is 0 Å². The highest BCUT2D eigenvalue weighted by Crippen LogP contribution is 2.15. The van der Waals surface area contributed by atoms with Gasteiger partial charge in [0.15, 0.2) is 0 Å². The van der Waals surface area contributed by atoms with Gasteiger partial charge in [-0.1, -0.05) is 168 Å². The van der Waals surface area contributed by atoms with Crippen molar-refractivity contribution in [1.29, 1.82) is 0 Å². The molecule has 0 saturated heterocycles. The fourth-order valence-electron chi connectivity index (χ4n) is 7.67. The number of aliphatic hydroxyl groups is 2. The van der Waals surface area contributed by atoms with E-state index in [1.54, 1.807) is 0 Å². The molecule has 0 aliphatic heterocycles. The summed E-state index contributed by atoms with van der Waals surface area (Å²) in [5, 5.41) is 21.0. The van der Waals surface area contributed by atoms with Gasteiger partial charge in [-0.05, 0) is 25.7 Å². The fraction of sp³-hybridized carbons (Fsp3) is 1.00. The predicted molar refractivity (Wildman–Crippen MR) is 229 cm³/mol. The van der Waals surface area contributed by atoms with Crippen LogP contribution in [-0.2, 0) is 14.2 Å². The molecule has 0 amide bonds. The van der Waals surface area contributed by atoms with Crippen LogP contribution in [-0.4, -0.2) is 125 Å². The van der Waals surface area contributed by atoms with E-state index in [0.29, 0.717) is 52.7 Å². The number of aliphatic hydroxyl groups excluding tert-OH is 2. The van der Waals surface area contributed by atoms with E-state index < -0.39 is 12.2 Å². The first-order valence-electron chi connectivity index (χ1n) is 23.3. The second kappa shape index (κ2) is 44.2. The Hall–Kier alpha value is 0.680. The lowest BCUT2D eigenvalue weighted by molar-refractivity contribution is -0.893. The minimum atomic E-state index is -0.460. The van der Waals surface area contributed by atoms with Crippen molar-refractivity contribution in [3.8, 4) is 0 Å². The summed E-state index contributed by atoms with van der Waals surface area (Å²) in [5.74, 6) is 0. The predicted octanol–water partition coefficient (Wildman–Crippen LogP) is 4.88. The van der Waals surface area contributed by atoms with Gasteiger partial charge < -0.3 is 67.4 Å². The maximum Gasteiger partial charge on any atom is 0.126 e. The molecule has 0 rings (SSSR count). The van der Waals surface area contributed by atoms with Crippen LogP contribution in [0.4, 0.5) is 0 Å². The van der Waals surface area contributed by atoms with E-state index in [2.05, 4.69) is 42.0 Å². The number of halogens is 2. The Morgan fingerprint density at radius 1 is 0.345 bits per heavy atom. The van der Waals surface area contributed by atoms with Crippen LogP contribution < -0.4 is 34.0 Å². The van der Waals surface area contributed by atoms with Gasteiger partial charge in [0, 0.05) is 0 Å². The second-order valence-electron chi connectivity index (χ2n) is 17.9. The van der Waals surface area contributed by atoms with Crippen molar-refractivity contribution < 1.29 is 67.4 Å². The van der Waals surface area contributed by atoms with Gasteiger partial charge in [0.2, 0.25) is 0 Å². The molecule has 336 valence electrons. The Kier molecular flexibility index (Phi) is 48.3. The molecule has 0 aromatic carbocycles. The van der Waals surface area contributed by atoms with E-state index >= 15 is 0 Å². The maximum absolute atomic E-state index is 10.5. The van der Waals surface area contributed by atoms with E-state index in [1.165, 1.54) is 180 Å². The Morgan fingerprint density at radius 3 is 0.818 bits per heavy atom. The molecule has 9 heteroatoms. The van der Waals surface area contributed by atoms with Crippen LogP contribution in [0.25, 0.3) is 0 Å². The van der Waals surface area contributed by atoms with Gasteiger partial charge in [-0.3, -0.25) is 0 Å². The van der Waals surface area contributed by atoms with Gasteiger partial charge in [-0.25, -0.2) is 0 Å². The van der Waals surface area contributed by atoms with Crippen LogP contribution in [0.1, 0.15) is 194 Å². The van der Waals surface area contributed by atoms with Gasteiger partial charge in [-0.2, -0.15) is 0 Å². The number of hydrogen-bond acceptors (Lipinski definition) is 5. The third kappa shape index (κ3) is 47.2. The van der Waals surface area contributed by atoms with Crippen molar-refractivity contribution in [1.82, 2.24) is 0 Å². The van der Waals surface area contributed by atoms with Crippen LogP contribution in [0.3, 0.4) is 0 Å². The molecule has 2 atom stereocenters. The molecule has 7 nitrogen and oxygen atoms in total. The van der Waals surface area contributed by atoms with Crippen LogP contribution in [0, 0.1) is 0 Å².